The average molecular weight is 233 g/mol. The standard InChI is InChI=1S/C13H15NO3/c1-9-13(10(2)17-14-9)8-16-12-5-3-4-11(6-12)7-15/h3-6,15H,7-8H2,1-2H3. The van der Waals surface area contributed by atoms with Crippen LogP contribution in [0.25, 0.3) is 0 Å². The SMILES string of the molecule is Cc1noc(C)c1COc1cccc(CO)c1. The van der Waals surface area contributed by atoms with E-state index in [2.05, 4.69) is 5.16 Å². The van der Waals surface area contributed by atoms with Crippen LogP contribution in [-0.4, -0.2) is 10.3 Å². The first kappa shape index (κ1) is 11.7. The number of benzene rings is 1. The number of aromatic nitrogens is 1. The molecule has 1 aromatic carbocycles. The van der Waals surface area contributed by atoms with Gasteiger partial charge in [-0.3, -0.25) is 0 Å². The van der Waals surface area contributed by atoms with Crippen LogP contribution in [0.15, 0.2) is 28.8 Å². The normalized spacial score (nSPS) is 10.5. The van der Waals surface area contributed by atoms with Gasteiger partial charge in [-0.05, 0) is 31.5 Å². The topological polar surface area (TPSA) is 55.5 Å². The Labute approximate surface area is 99.8 Å². The van der Waals surface area contributed by atoms with E-state index >= 15 is 0 Å². The van der Waals surface area contributed by atoms with E-state index in [0.717, 1.165) is 28.3 Å². The molecule has 0 aliphatic carbocycles. The Bertz CT molecular complexity index is 486. The van der Waals surface area contributed by atoms with Crippen LogP contribution in [0.1, 0.15) is 22.6 Å². The average Bonchev–Trinajstić information content (AvgIpc) is 2.67. The van der Waals surface area contributed by atoms with Gasteiger partial charge in [-0.15, -0.1) is 0 Å². The Morgan fingerprint density at radius 2 is 2.18 bits per heavy atom. The summed E-state index contributed by atoms with van der Waals surface area (Å²) >= 11 is 0. The molecule has 1 heterocycles. The van der Waals surface area contributed by atoms with Gasteiger partial charge in [0.25, 0.3) is 0 Å². The summed E-state index contributed by atoms with van der Waals surface area (Å²) in [7, 11) is 0. The number of ether oxygens (including phenoxy) is 1. The maximum atomic E-state index is 9.02. The van der Waals surface area contributed by atoms with Crippen molar-refractivity contribution in [3.8, 4) is 5.75 Å². The molecule has 1 aromatic heterocycles. The smallest absolute Gasteiger partial charge is 0.140 e. The van der Waals surface area contributed by atoms with Crippen LogP contribution in [0.2, 0.25) is 0 Å². The molecule has 17 heavy (non-hydrogen) atoms. The van der Waals surface area contributed by atoms with E-state index in [9.17, 15) is 0 Å². The van der Waals surface area contributed by atoms with E-state index in [1.807, 2.05) is 38.1 Å². The second-order valence-corrected chi connectivity index (χ2v) is 3.90. The number of aryl methyl sites for hydroxylation is 2. The zero-order valence-electron chi connectivity index (χ0n) is 9.93. The highest BCUT2D eigenvalue weighted by Gasteiger charge is 2.09. The van der Waals surface area contributed by atoms with Crippen molar-refractivity contribution in [2.24, 2.45) is 0 Å². The van der Waals surface area contributed by atoms with Gasteiger partial charge in [0, 0.05) is 0 Å². The number of rotatable bonds is 4. The van der Waals surface area contributed by atoms with Crippen LogP contribution in [0.4, 0.5) is 0 Å². The summed E-state index contributed by atoms with van der Waals surface area (Å²) in [5, 5.41) is 12.9. The first-order chi connectivity index (χ1) is 8.20. The van der Waals surface area contributed by atoms with Crippen LogP contribution in [0.5, 0.6) is 5.75 Å². The molecule has 2 rings (SSSR count). The maximum Gasteiger partial charge on any atom is 0.140 e. The summed E-state index contributed by atoms with van der Waals surface area (Å²) in [5.74, 6) is 1.51. The van der Waals surface area contributed by atoms with Crippen molar-refractivity contribution in [2.45, 2.75) is 27.1 Å². The number of aliphatic hydroxyl groups is 1. The quantitative estimate of drug-likeness (QED) is 0.880. The van der Waals surface area contributed by atoms with Gasteiger partial charge in [0.2, 0.25) is 0 Å². The Balaban J connectivity index is 2.07. The lowest BCUT2D eigenvalue weighted by molar-refractivity contribution is 0.277. The van der Waals surface area contributed by atoms with Crippen molar-refractivity contribution in [1.82, 2.24) is 5.16 Å². The Morgan fingerprint density at radius 1 is 1.35 bits per heavy atom. The van der Waals surface area contributed by atoms with Crippen LogP contribution < -0.4 is 4.74 Å². The van der Waals surface area contributed by atoms with Gasteiger partial charge in [-0.2, -0.15) is 0 Å². The Morgan fingerprint density at radius 3 is 2.82 bits per heavy atom. The van der Waals surface area contributed by atoms with E-state index in [1.54, 1.807) is 0 Å². The Hall–Kier alpha value is -1.81. The number of hydrogen-bond donors (Lipinski definition) is 1. The largest absolute Gasteiger partial charge is 0.489 e. The molecule has 0 unspecified atom stereocenters. The highest BCUT2D eigenvalue weighted by atomic mass is 16.5. The molecule has 2 aromatic rings. The number of hydrogen-bond acceptors (Lipinski definition) is 4. The predicted molar refractivity (Wildman–Crippen MR) is 62.7 cm³/mol. The fourth-order valence-electron chi connectivity index (χ4n) is 1.60. The minimum Gasteiger partial charge on any atom is -0.489 e. The number of nitrogens with zero attached hydrogens (tertiary/aromatic N) is 1. The highest BCUT2D eigenvalue weighted by molar-refractivity contribution is 5.29. The Kier molecular flexibility index (Phi) is 3.44. The third-order valence-corrected chi connectivity index (χ3v) is 2.65. The zero-order chi connectivity index (χ0) is 12.3. The fourth-order valence-corrected chi connectivity index (χ4v) is 1.60. The van der Waals surface area contributed by atoms with E-state index in [1.165, 1.54) is 0 Å². The van der Waals surface area contributed by atoms with Gasteiger partial charge >= 0.3 is 0 Å². The minimum atomic E-state index is 0.0164. The molecule has 0 radical (unpaired) electrons. The molecule has 4 nitrogen and oxygen atoms in total. The third kappa shape index (κ3) is 2.65. The highest BCUT2D eigenvalue weighted by Crippen LogP contribution is 2.18. The van der Waals surface area contributed by atoms with Crippen molar-refractivity contribution >= 4 is 0 Å². The van der Waals surface area contributed by atoms with Crippen molar-refractivity contribution in [2.75, 3.05) is 0 Å². The van der Waals surface area contributed by atoms with E-state index in [4.69, 9.17) is 14.4 Å². The monoisotopic (exact) mass is 233 g/mol. The second-order valence-electron chi connectivity index (χ2n) is 3.90. The predicted octanol–water partition coefficient (Wildman–Crippen LogP) is 2.36. The molecule has 0 atom stereocenters. The summed E-state index contributed by atoms with van der Waals surface area (Å²) in [5.41, 5.74) is 2.65. The fraction of sp³-hybridized carbons (Fsp3) is 0.308. The lowest BCUT2D eigenvalue weighted by Gasteiger charge is -2.06. The van der Waals surface area contributed by atoms with Gasteiger partial charge in [0.15, 0.2) is 0 Å². The summed E-state index contributed by atoms with van der Waals surface area (Å²) in [6, 6.07) is 7.38. The summed E-state index contributed by atoms with van der Waals surface area (Å²) < 4.78 is 10.7. The lowest BCUT2D eigenvalue weighted by atomic mass is 10.2. The second kappa shape index (κ2) is 5.01. The molecule has 0 bridgehead atoms. The van der Waals surface area contributed by atoms with Gasteiger partial charge in [0.05, 0.1) is 17.9 Å². The maximum absolute atomic E-state index is 9.02. The molecule has 0 spiro atoms. The molecule has 0 saturated carbocycles. The molecular formula is C13H15NO3. The van der Waals surface area contributed by atoms with Crippen molar-refractivity contribution in [1.29, 1.82) is 0 Å². The van der Waals surface area contributed by atoms with Crippen molar-refractivity contribution in [3.63, 3.8) is 0 Å². The van der Waals surface area contributed by atoms with Crippen LogP contribution in [-0.2, 0) is 13.2 Å². The summed E-state index contributed by atoms with van der Waals surface area (Å²) in [6.45, 7) is 4.20. The van der Waals surface area contributed by atoms with Crippen molar-refractivity contribution in [3.05, 3.63) is 46.8 Å². The molecule has 0 aliphatic heterocycles. The van der Waals surface area contributed by atoms with Crippen molar-refractivity contribution < 1.29 is 14.4 Å². The van der Waals surface area contributed by atoms with Gasteiger partial charge in [-0.25, -0.2) is 0 Å². The van der Waals surface area contributed by atoms with Gasteiger partial charge < -0.3 is 14.4 Å². The summed E-state index contributed by atoms with van der Waals surface area (Å²) in [4.78, 5) is 0. The van der Waals surface area contributed by atoms with E-state index < -0.39 is 0 Å². The third-order valence-electron chi connectivity index (χ3n) is 2.65. The minimum absolute atomic E-state index is 0.0164. The first-order valence-corrected chi connectivity index (χ1v) is 5.45. The van der Waals surface area contributed by atoms with Gasteiger partial charge in [0.1, 0.15) is 18.1 Å². The molecule has 4 heteroatoms. The molecule has 0 saturated heterocycles. The molecule has 0 fully saturated rings. The first-order valence-electron chi connectivity index (χ1n) is 5.45. The van der Waals surface area contributed by atoms with E-state index in [-0.39, 0.29) is 6.61 Å². The molecule has 90 valence electrons. The molecule has 0 aliphatic rings. The number of aliphatic hydroxyl groups excluding tert-OH is 1. The summed E-state index contributed by atoms with van der Waals surface area (Å²) in [6.07, 6.45) is 0. The van der Waals surface area contributed by atoms with Gasteiger partial charge in [-0.1, -0.05) is 17.3 Å². The van der Waals surface area contributed by atoms with Crippen LogP contribution in [0, 0.1) is 13.8 Å². The molecule has 1 N–H and O–H groups in total. The van der Waals surface area contributed by atoms with Crippen LogP contribution in [0.3, 0.4) is 0 Å². The van der Waals surface area contributed by atoms with Crippen LogP contribution >= 0.6 is 0 Å². The molecule has 0 amide bonds. The van der Waals surface area contributed by atoms with E-state index in [0.29, 0.717) is 6.61 Å². The lowest BCUT2D eigenvalue weighted by Crippen LogP contribution is -1.98. The zero-order valence-corrected chi connectivity index (χ0v) is 9.93. The molecular weight excluding hydrogens is 218 g/mol.